The molecule has 1 aliphatic rings. The molecule has 1 heterocycles. The quantitative estimate of drug-likeness (QED) is 0.745. The summed E-state index contributed by atoms with van der Waals surface area (Å²) in [6, 6.07) is 5.24. The Morgan fingerprint density at radius 2 is 1.78 bits per heavy atom. The molecular formula is C12H13FN2O3. The number of halogens is 1. The van der Waals surface area contributed by atoms with Gasteiger partial charge >= 0.3 is 11.8 Å². The van der Waals surface area contributed by atoms with E-state index in [2.05, 4.69) is 5.32 Å². The standard InChI is InChI=1S/C12H13FN2O3/c13-9-1-3-10(4-2-9)14-11(16)12(17)15-5-7-18-8-6-15/h1-4H,5-8H2,(H,14,16). The fraction of sp³-hybridized carbons (Fsp3) is 0.333. The van der Waals surface area contributed by atoms with Crippen molar-refractivity contribution in [3.05, 3.63) is 30.1 Å². The van der Waals surface area contributed by atoms with Gasteiger partial charge < -0.3 is 15.0 Å². The molecule has 1 saturated heterocycles. The summed E-state index contributed by atoms with van der Waals surface area (Å²) < 4.78 is 17.8. The molecule has 1 N–H and O–H groups in total. The molecule has 6 heteroatoms. The summed E-state index contributed by atoms with van der Waals surface area (Å²) in [4.78, 5) is 24.8. The maximum Gasteiger partial charge on any atom is 0.313 e. The van der Waals surface area contributed by atoms with E-state index in [4.69, 9.17) is 4.74 Å². The summed E-state index contributed by atoms with van der Waals surface area (Å²) in [5.74, 6) is -1.71. The Kier molecular flexibility index (Phi) is 3.88. The van der Waals surface area contributed by atoms with Crippen molar-refractivity contribution in [3.63, 3.8) is 0 Å². The third kappa shape index (κ3) is 3.04. The van der Waals surface area contributed by atoms with Gasteiger partial charge in [0, 0.05) is 18.8 Å². The molecule has 1 aromatic carbocycles. The molecule has 0 saturated carbocycles. The first-order valence-corrected chi connectivity index (χ1v) is 5.60. The Labute approximate surface area is 104 Å². The Balaban J connectivity index is 1.94. The maximum atomic E-state index is 12.7. The molecule has 0 spiro atoms. The molecular weight excluding hydrogens is 239 g/mol. The van der Waals surface area contributed by atoms with Gasteiger partial charge in [0.25, 0.3) is 0 Å². The van der Waals surface area contributed by atoms with Gasteiger partial charge in [-0.3, -0.25) is 9.59 Å². The van der Waals surface area contributed by atoms with Crippen molar-refractivity contribution in [2.45, 2.75) is 0 Å². The molecule has 2 rings (SSSR count). The molecule has 18 heavy (non-hydrogen) atoms. The lowest BCUT2D eigenvalue weighted by Gasteiger charge is -2.26. The molecule has 0 bridgehead atoms. The normalized spacial score (nSPS) is 15.3. The lowest BCUT2D eigenvalue weighted by Crippen LogP contribution is -2.45. The average molecular weight is 252 g/mol. The summed E-state index contributed by atoms with van der Waals surface area (Å²) in [6.07, 6.45) is 0. The van der Waals surface area contributed by atoms with Crippen molar-refractivity contribution >= 4 is 17.5 Å². The second-order valence-electron chi connectivity index (χ2n) is 3.87. The number of ether oxygens (including phenoxy) is 1. The van der Waals surface area contributed by atoms with Gasteiger partial charge in [-0.15, -0.1) is 0 Å². The zero-order valence-electron chi connectivity index (χ0n) is 9.69. The predicted molar refractivity (Wildman–Crippen MR) is 62.4 cm³/mol. The number of carbonyl (C=O) groups is 2. The van der Waals surface area contributed by atoms with Crippen molar-refractivity contribution in [2.24, 2.45) is 0 Å². The SMILES string of the molecule is O=C(Nc1ccc(F)cc1)C(=O)N1CCOCC1. The minimum Gasteiger partial charge on any atom is -0.378 e. The summed E-state index contributed by atoms with van der Waals surface area (Å²) >= 11 is 0. The van der Waals surface area contributed by atoms with Crippen LogP contribution in [-0.2, 0) is 14.3 Å². The second kappa shape index (κ2) is 5.59. The van der Waals surface area contributed by atoms with Crippen LogP contribution >= 0.6 is 0 Å². The van der Waals surface area contributed by atoms with E-state index in [0.717, 1.165) is 0 Å². The fourth-order valence-electron chi connectivity index (χ4n) is 1.63. The van der Waals surface area contributed by atoms with Crippen LogP contribution in [0, 0.1) is 5.82 Å². The van der Waals surface area contributed by atoms with E-state index in [9.17, 15) is 14.0 Å². The zero-order valence-corrected chi connectivity index (χ0v) is 9.69. The summed E-state index contributed by atoms with van der Waals surface area (Å²) in [7, 11) is 0. The first-order chi connectivity index (χ1) is 8.66. The molecule has 1 aliphatic heterocycles. The number of morpholine rings is 1. The second-order valence-corrected chi connectivity index (χ2v) is 3.87. The van der Waals surface area contributed by atoms with Gasteiger partial charge in [-0.25, -0.2) is 4.39 Å². The Morgan fingerprint density at radius 3 is 2.39 bits per heavy atom. The molecule has 0 unspecified atom stereocenters. The van der Waals surface area contributed by atoms with Crippen LogP contribution in [0.4, 0.5) is 10.1 Å². The minimum absolute atomic E-state index is 0.392. The zero-order chi connectivity index (χ0) is 13.0. The number of hydrogen-bond acceptors (Lipinski definition) is 3. The van der Waals surface area contributed by atoms with Crippen LogP contribution in [0.2, 0.25) is 0 Å². The monoisotopic (exact) mass is 252 g/mol. The van der Waals surface area contributed by atoms with Crippen LogP contribution in [0.15, 0.2) is 24.3 Å². The van der Waals surface area contributed by atoms with Crippen LogP contribution in [0.5, 0.6) is 0 Å². The van der Waals surface area contributed by atoms with Gasteiger partial charge in [0.15, 0.2) is 0 Å². The maximum absolute atomic E-state index is 12.7. The molecule has 96 valence electrons. The largest absolute Gasteiger partial charge is 0.378 e. The first kappa shape index (κ1) is 12.5. The van der Waals surface area contributed by atoms with E-state index in [1.165, 1.54) is 29.2 Å². The van der Waals surface area contributed by atoms with Gasteiger partial charge in [-0.05, 0) is 24.3 Å². The molecule has 0 aliphatic carbocycles. The molecule has 1 fully saturated rings. The van der Waals surface area contributed by atoms with Crippen LogP contribution in [0.1, 0.15) is 0 Å². The highest BCUT2D eigenvalue weighted by Gasteiger charge is 2.23. The third-order valence-corrected chi connectivity index (χ3v) is 2.59. The molecule has 1 aromatic rings. The Bertz CT molecular complexity index is 441. The highest BCUT2D eigenvalue weighted by atomic mass is 19.1. The van der Waals surface area contributed by atoms with Gasteiger partial charge in [0.05, 0.1) is 13.2 Å². The predicted octanol–water partition coefficient (Wildman–Crippen LogP) is 0.623. The lowest BCUT2D eigenvalue weighted by atomic mass is 10.3. The van der Waals surface area contributed by atoms with E-state index in [-0.39, 0.29) is 0 Å². The molecule has 0 radical (unpaired) electrons. The summed E-state index contributed by atoms with van der Waals surface area (Å²) in [6.45, 7) is 1.70. The summed E-state index contributed by atoms with van der Waals surface area (Å²) in [5, 5.41) is 2.43. The number of anilines is 1. The van der Waals surface area contributed by atoms with E-state index in [0.29, 0.717) is 32.0 Å². The third-order valence-electron chi connectivity index (χ3n) is 2.59. The van der Waals surface area contributed by atoms with Gasteiger partial charge in [-0.2, -0.15) is 0 Å². The highest BCUT2D eigenvalue weighted by Crippen LogP contribution is 2.08. The van der Waals surface area contributed by atoms with Crippen molar-refractivity contribution in [1.82, 2.24) is 4.90 Å². The highest BCUT2D eigenvalue weighted by molar-refractivity contribution is 6.39. The Hall–Kier alpha value is -1.95. The van der Waals surface area contributed by atoms with Crippen LogP contribution in [0.3, 0.4) is 0 Å². The fourth-order valence-corrected chi connectivity index (χ4v) is 1.63. The van der Waals surface area contributed by atoms with E-state index < -0.39 is 17.6 Å². The van der Waals surface area contributed by atoms with Gasteiger partial charge in [0.1, 0.15) is 5.82 Å². The molecule has 2 amide bonds. The Morgan fingerprint density at radius 1 is 1.17 bits per heavy atom. The number of amides is 2. The van der Waals surface area contributed by atoms with Crippen molar-refractivity contribution in [1.29, 1.82) is 0 Å². The van der Waals surface area contributed by atoms with E-state index >= 15 is 0 Å². The van der Waals surface area contributed by atoms with Gasteiger partial charge in [0.2, 0.25) is 0 Å². The van der Waals surface area contributed by atoms with Crippen LogP contribution < -0.4 is 5.32 Å². The number of nitrogens with one attached hydrogen (secondary N) is 1. The van der Waals surface area contributed by atoms with Crippen molar-refractivity contribution in [3.8, 4) is 0 Å². The van der Waals surface area contributed by atoms with E-state index in [1.807, 2.05) is 0 Å². The minimum atomic E-state index is -0.719. The molecule has 0 atom stereocenters. The molecule has 0 aromatic heterocycles. The van der Waals surface area contributed by atoms with Crippen molar-refractivity contribution in [2.75, 3.05) is 31.6 Å². The first-order valence-electron chi connectivity index (χ1n) is 5.60. The number of hydrogen-bond donors (Lipinski definition) is 1. The average Bonchev–Trinajstić information content (AvgIpc) is 2.41. The van der Waals surface area contributed by atoms with E-state index in [1.54, 1.807) is 0 Å². The number of nitrogens with zero attached hydrogens (tertiary/aromatic N) is 1. The smallest absolute Gasteiger partial charge is 0.313 e. The van der Waals surface area contributed by atoms with Crippen LogP contribution in [-0.4, -0.2) is 43.0 Å². The summed E-state index contributed by atoms with van der Waals surface area (Å²) in [5.41, 5.74) is 0.392. The van der Waals surface area contributed by atoms with Gasteiger partial charge in [-0.1, -0.05) is 0 Å². The van der Waals surface area contributed by atoms with Crippen molar-refractivity contribution < 1.29 is 18.7 Å². The topological polar surface area (TPSA) is 58.6 Å². The molecule has 5 nitrogen and oxygen atoms in total. The number of carbonyl (C=O) groups excluding carboxylic acids is 2. The van der Waals surface area contributed by atoms with Crippen LogP contribution in [0.25, 0.3) is 0 Å². The lowest BCUT2D eigenvalue weighted by molar-refractivity contribution is -0.145. The number of benzene rings is 1. The number of rotatable bonds is 1.